The van der Waals surface area contributed by atoms with Gasteiger partial charge in [-0.15, -0.1) is 0 Å². The van der Waals surface area contributed by atoms with E-state index in [0.717, 1.165) is 0 Å². The minimum Gasteiger partial charge on any atom is -0.495 e. The largest absolute Gasteiger partial charge is 0.495 e. The summed E-state index contributed by atoms with van der Waals surface area (Å²) >= 11 is 5.94. The first-order valence-electron chi connectivity index (χ1n) is 8.53. The minimum absolute atomic E-state index is 0.205. The van der Waals surface area contributed by atoms with Gasteiger partial charge in [-0.3, -0.25) is 9.59 Å². The molecule has 0 unspecified atom stereocenters. The van der Waals surface area contributed by atoms with E-state index in [1.807, 2.05) is 0 Å². The minimum atomic E-state index is -0.573. The lowest BCUT2D eigenvalue weighted by atomic mass is 10.2. The molecule has 29 heavy (non-hydrogen) atoms. The molecule has 0 aliphatic heterocycles. The number of anilines is 1. The van der Waals surface area contributed by atoms with Crippen LogP contribution in [0, 0.1) is 0 Å². The van der Waals surface area contributed by atoms with Gasteiger partial charge in [0.2, 0.25) is 5.91 Å². The van der Waals surface area contributed by atoms with E-state index in [4.69, 9.17) is 21.1 Å². The first kappa shape index (κ1) is 22.0. The molecule has 2 rings (SSSR count). The molecule has 1 N–H and O–H groups in total. The average molecular weight is 421 g/mol. The van der Waals surface area contributed by atoms with E-state index in [1.54, 1.807) is 36.4 Å². The quantitative estimate of drug-likeness (QED) is 0.660. The molecular formula is C20H21ClN2O6. The van der Waals surface area contributed by atoms with Crippen LogP contribution in [-0.2, 0) is 14.3 Å². The molecule has 0 atom stereocenters. The zero-order chi connectivity index (χ0) is 21.4. The maximum absolute atomic E-state index is 12.3. The Hall–Kier alpha value is -3.26. The average Bonchev–Trinajstić information content (AvgIpc) is 2.71. The SMILES string of the molecule is COC(=O)c1ccccc1OCC(=O)N(C)CC(=O)Nc1cc(Cl)ccc1OC. The van der Waals surface area contributed by atoms with Crippen molar-refractivity contribution in [1.29, 1.82) is 0 Å². The van der Waals surface area contributed by atoms with Crippen molar-refractivity contribution in [2.45, 2.75) is 0 Å². The van der Waals surface area contributed by atoms with Crippen LogP contribution in [0.5, 0.6) is 11.5 Å². The Morgan fingerprint density at radius 3 is 2.48 bits per heavy atom. The van der Waals surface area contributed by atoms with E-state index in [0.29, 0.717) is 16.5 Å². The Bertz CT molecular complexity index is 902. The lowest BCUT2D eigenvalue weighted by Gasteiger charge is -2.18. The molecule has 154 valence electrons. The number of hydrogen-bond donors (Lipinski definition) is 1. The number of carbonyl (C=O) groups excluding carboxylic acids is 3. The van der Waals surface area contributed by atoms with E-state index in [2.05, 4.69) is 10.1 Å². The smallest absolute Gasteiger partial charge is 0.341 e. The lowest BCUT2D eigenvalue weighted by molar-refractivity contribution is -0.135. The summed E-state index contributed by atoms with van der Waals surface area (Å²) in [5, 5.41) is 3.08. The molecule has 0 fully saturated rings. The van der Waals surface area contributed by atoms with Gasteiger partial charge in [-0.05, 0) is 30.3 Å². The summed E-state index contributed by atoms with van der Waals surface area (Å²) in [7, 11) is 4.19. The number of carbonyl (C=O) groups is 3. The number of ether oxygens (including phenoxy) is 3. The third-order valence-electron chi connectivity index (χ3n) is 3.89. The Balaban J connectivity index is 1.94. The van der Waals surface area contributed by atoms with Crippen molar-refractivity contribution >= 4 is 35.1 Å². The lowest BCUT2D eigenvalue weighted by Crippen LogP contribution is -2.37. The zero-order valence-electron chi connectivity index (χ0n) is 16.2. The zero-order valence-corrected chi connectivity index (χ0v) is 17.0. The molecule has 0 aliphatic carbocycles. The van der Waals surface area contributed by atoms with Gasteiger partial charge in [0.25, 0.3) is 5.91 Å². The Morgan fingerprint density at radius 2 is 1.79 bits per heavy atom. The van der Waals surface area contributed by atoms with Gasteiger partial charge in [-0.25, -0.2) is 4.79 Å². The summed E-state index contributed by atoms with van der Waals surface area (Å²) in [5.74, 6) is -0.792. The number of esters is 1. The predicted octanol–water partition coefficient (Wildman–Crippen LogP) is 2.61. The normalized spacial score (nSPS) is 10.1. The van der Waals surface area contributed by atoms with Crippen LogP contribution in [0.25, 0.3) is 0 Å². The van der Waals surface area contributed by atoms with Crippen molar-refractivity contribution in [3.05, 3.63) is 53.1 Å². The topological polar surface area (TPSA) is 94.2 Å². The van der Waals surface area contributed by atoms with E-state index < -0.39 is 17.8 Å². The van der Waals surface area contributed by atoms with E-state index in [1.165, 1.54) is 32.2 Å². The maximum atomic E-state index is 12.3. The van der Waals surface area contributed by atoms with Crippen LogP contribution in [-0.4, -0.2) is 57.1 Å². The standard InChI is InChI=1S/C20H21ClN2O6/c1-23(11-18(24)22-15-10-13(21)8-9-17(15)27-2)19(25)12-29-16-7-5-4-6-14(16)20(26)28-3/h4-10H,11-12H2,1-3H3,(H,22,24). The van der Waals surface area contributed by atoms with Gasteiger partial charge in [0.05, 0.1) is 26.5 Å². The van der Waals surface area contributed by atoms with Gasteiger partial charge in [0.1, 0.15) is 17.1 Å². The van der Waals surface area contributed by atoms with Crippen molar-refractivity contribution in [3.8, 4) is 11.5 Å². The summed E-state index contributed by atoms with van der Waals surface area (Å²) in [6.45, 7) is -0.561. The molecule has 9 heteroatoms. The highest BCUT2D eigenvalue weighted by Gasteiger charge is 2.17. The molecule has 2 amide bonds. The van der Waals surface area contributed by atoms with Crippen LogP contribution >= 0.6 is 11.6 Å². The first-order chi connectivity index (χ1) is 13.8. The number of benzene rings is 2. The molecule has 2 aromatic carbocycles. The van der Waals surface area contributed by atoms with Gasteiger partial charge in [0, 0.05) is 12.1 Å². The fourth-order valence-corrected chi connectivity index (χ4v) is 2.56. The van der Waals surface area contributed by atoms with Crippen LogP contribution in [0.3, 0.4) is 0 Å². The molecule has 0 radical (unpaired) electrons. The summed E-state index contributed by atoms with van der Waals surface area (Å²) in [6.07, 6.45) is 0. The number of likely N-dealkylation sites (N-methyl/N-ethyl adjacent to an activating group) is 1. The summed E-state index contributed by atoms with van der Waals surface area (Å²) in [5.41, 5.74) is 0.602. The number of para-hydroxylation sites is 1. The van der Waals surface area contributed by atoms with Crippen molar-refractivity contribution in [1.82, 2.24) is 4.90 Å². The molecule has 2 aromatic rings. The monoisotopic (exact) mass is 420 g/mol. The molecule has 0 saturated carbocycles. The van der Waals surface area contributed by atoms with Crippen molar-refractivity contribution in [2.24, 2.45) is 0 Å². The highest BCUT2D eigenvalue weighted by atomic mass is 35.5. The third-order valence-corrected chi connectivity index (χ3v) is 4.12. The van der Waals surface area contributed by atoms with Crippen LogP contribution in [0.15, 0.2) is 42.5 Å². The summed E-state index contributed by atoms with van der Waals surface area (Å²) in [4.78, 5) is 37.5. The Morgan fingerprint density at radius 1 is 1.07 bits per heavy atom. The van der Waals surface area contributed by atoms with E-state index >= 15 is 0 Å². The molecule has 0 aliphatic rings. The molecule has 0 heterocycles. The third kappa shape index (κ3) is 6.11. The molecule has 0 bridgehead atoms. The van der Waals surface area contributed by atoms with Gasteiger partial charge >= 0.3 is 5.97 Å². The van der Waals surface area contributed by atoms with Crippen LogP contribution in [0.1, 0.15) is 10.4 Å². The van der Waals surface area contributed by atoms with Crippen LogP contribution in [0.2, 0.25) is 5.02 Å². The van der Waals surface area contributed by atoms with Crippen molar-refractivity contribution in [3.63, 3.8) is 0 Å². The number of hydrogen-bond acceptors (Lipinski definition) is 6. The highest BCUT2D eigenvalue weighted by Crippen LogP contribution is 2.27. The number of amides is 2. The number of methoxy groups -OCH3 is 2. The molecule has 0 saturated heterocycles. The number of nitrogens with one attached hydrogen (secondary N) is 1. The van der Waals surface area contributed by atoms with Gasteiger partial charge < -0.3 is 24.4 Å². The van der Waals surface area contributed by atoms with Gasteiger partial charge in [-0.1, -0.05) is 23.7 Å². The van der Waals surface area contributed by atoms with Gasteiger partial charge in [0.15, 0.2) is 6.61 Å². The summed E-state index contributed by atoms with van der Waals surface area (Å²) < 4.78 is 15.3. The fraction of sp³-hybridized carbons (Fsp3) is 0.250. The van der Waals surface area contributed by atoms with Gasteiger partial charge in [-0.2, -0.15) is 0 Å². The van der Waals surface area contributed by atoms with Crippen LogP contribution in [0.4, 0.5) is 5.69 Å². The molecule has 8 nitrogen and oxygen atoms in total. The Labute approximate surface area is 173 Å². The first-order valence-corrected chi connectivity index (χ1v) is 8.91. The second kappa shape index (κ2) is 10.3. The predicted molar refractivity (Wildman–Crippen MR) is 108 cm³/mol. The van der Waals surface area contributed by atoms with E-state index in [-0.39, 0.29) is 24.5 Å². The fourth-order valence-electron chi connectivity index (χ4n) is 2.39. The molecule has 0 aromatic heterocycles. The van der Waals surface area contributed by atoms with Crippen molar-refractivity contribution < 1.29 is 28.6 Å². The Kier molecular flexibility index (Phi) is 7.85. The number of nitrogens with zero attached hydrogens (tertiary/aromatic N) is 1. The number of rotatable bonds is 8. The maximum Gasteiger partial charge on any atom is 0.341 e. The second-order valence-corrected chi connectivity index (χ2v) is 6.36. The van der Waals surface area contributed by atoms with Crippen molar-refractivity contribution in [2.75, 3.05) is 39.7 Å². The number of halogens is 1. The highest BCUT2D eigenvalue weighted by molar-refractivity contribution is 6.31. The van der Waals surface area contributed by atoms with E-state index in [9.17, 15) is 14.4 Å². The van der Waals surface area contributed by atoms with Crippen LogP contribution < -0.4 is 14.8 Å². The second-order valence-electron chi connectivity index (χ2n) is 5.92. The summed E-state index contributed by atoms with van der Waals surface area (Å²) in [6, 6.07) is 11.2. The molecule has 0 spiro atoms. The molecular weight excluding hydrogens is 400 g/mol.